The second-order valence-electron chi connectivity index (χ2n) is 5.71. The van der Waals surface area contributed by atoms with Crippen LogP contribution >= 0.6 is 11.8 Å². The fourth-order valence-electron chi connectivity index (χ4n) is 2.25. The van der Waals surface area contributed by atoms with E-state index in [4.69, 9.17) is 4.74 Å². The molecule has 0 bridgehead atoms. The molecule has 2 aromatic carbocycles. The fourth-order valence-corrected chi connectivity index (χ4v) is 3.04. The van der Waals surface area contributed by atoms with Gasteiger partial charge in [0.25, 0.3) is 5.91 Å². The van der Waals surface area contributed by atoms with Crippen LogP contribution in [0.4, 0.5) is 0 Å². The summed E-state index contributed by atoms with van der Waals surface area (Å²) in [5, 5.41) is 2.97. The van der Waals surface area contributed by atoms with Crippen molar-refractivity contribution in [1.82, 2.24) is 5.32 Å². The Hall–Kier alpha value is -1.94. The number of amides is 1. The van der Waals surface area contributed by atoms with Gasteiger partial charge in [-0.25, -0.2) is 0 Å². The molecule has 128 valence electrons. The molecule has 0 aliphatic rings. The number of thioether (sulfide) groups is 1. The Morgan fingerprint density at radius 2 is 1.88 bits per heavy atom. The Labute approximate surface area is 148 Å². The van der Waals surface area contributed by atoms with Crippen LogP contribution in [0.2, 0.25) is 0 Å². The summed E-state index contributed by atoms with van der Waals surface area (Å²) in [5.74, 6) is 1.54. The van der Waals surface area contributed by atoms with Gasteiger partial charge in [-0.1, -0.05) is 31.2 Å². The summed E-state index contributed by atoms with van der Waals surface area (Å²) in [7, 11) is 0. The molecule has 2 rings (SSSR count). The smallest absolute Gasteiger partial charge is 0.261 e. The molecule has 0 aliphatic heterocycles. The van der Waals surface area contributed by atoms with Crippen molar-refractivity contribution in [3.63, 3.8) is 0 Å². The van der Waals surface area contributed by atoms with Crippen molar-refractivity contribution < 1.29 is 9.53 Å². The first kappa shape index (κ1) is 18.4. The minimum atomic E-state index is -0.450. The van der Waals surface area contributed by atoms with Gasteiger partial charge in [-0.05, 0) is 55.7 Å². The van der Waals surface area contributed by atoms with Gasteiger partial charge in [0, 0.05) is 17.2 Å². The highest BCUT2D eigenvalue weighted by molar-refractivity contribution is 7.99. The van der Waals surface area contributed by atoms with Crippen LogP contribution in [0.5, 0.6) is 5.75 Å². The molecular formula is C20H25NO2S. The second-order valence-corrected chi connectivity index (χ2v) is 6.88. The van der Waals surface area contributed by atoms with Crippen molar-refractivity contribution in [2.75, 3.05) is 12.3 Å². The fraction of sp³-hybridized carbons (Fsp3) is 0.350. The average molecular weight is 343 g/mol. The molecule has 0 saturated heterocycles. The monoisotopic (exact) mass is 343 g/mol. The number of benzene rings is 2. The lowest BCUT2D eigenvalue weighted by molar-refractivity contribution is -0.127. The van der Waals surface area contributed by atoms with E-state index < -0.39 is 6.10 Å². The molecule has 0 fully saturated rings. The van der Waals surface area contributed by atoms with Gasteiger partial charge in [0.1, 0.15) is 5.75 Å². The Morgan fingerprint density at radius 3 is 2.54 bits per heavy atom. The molecule has 3 nitrogen and oxygen atoms in total. The van der Waals surface area contributed by atoms with E-state index in [1.165, 1.54) is 16.0 Å². The number of carbonyl (C=O) groups is 1. The standard InChI is InChI=1S/C20H25NO2S/c1-4-19(23-17-11-10-15(2)16(3)14-17)20(22)21-12-13-24-18-8-6-5-7-9-18/h5-11,14,19H,4,12-13H2,1-3H3,(H,21,22)/t19-/m0/s1. The number of hydrogen-bond donors (Lipinski definition) is 1. The molecule has 0 aliphatic carbocycles. The van der Waals surface area contributed by atoms with Crippen molar-refractivity contribution in [3.05, 3.63) is 59.7 Å². The van der Waals surface area contributed by atoms with Crippen molar-refractivity contribution >= 4 is 17.7 Å². The maximum atomic E-state index is 12.3. The van der Waals surface area contributed by atoms with Crippen molar-refractivity contribution in [1.29, 1.82) is 0 Å². The normalized spacial score (nSPS) is 11.8. The highest BCUT2D eigenvalue weighted by Crippen LogP contribution is 2.19. The van der Waals surface area contributed by atoms with Gasteiger partial charge in [0.15, 0.2) is 6.10 Å². The number of rotatable bonds is 8. The maximum absolute atomic E-state index is 12.3. The molecule has 0 unspecified atom stereocenters. The van der Waals surface area contributed by atoms with Crippen LogP contribution in [0.25, 0.3) is 0 Å². The van der Waals surface area contributed by atoms with Crippen LogP contribution in [0.15, 0.2) is 53.4 Å². The predicted octanol–water partition coefficient (Wildman–Crippen LogP) is 4.37. The maximum Gasteiger partial charge on any atom is 0.261 e. The summed E-state index contributed by atoms with van der Waals surface area (Å²) in [5.41, 5.74) is 2.39. The molecule has 2 aromatic rings. The van der Waals surface area contributed by atoms with Gasteiger partial charge in [0.2, 0.25) is 0 Å². The van der Waals surface area contributed by atoms with Crippen molar-refractivity contribution in [2.45, 2.75) is 38.2 Å². The summed E-state index contributed by atoms with van der Waals surface area (Å²) in [6, 6.07) is 16.1. The Kier molecular flexibility index (Phi) is 7.19. The minimum Gasteiger partial charge on any atom is -0.481 e. The van der Waals surface area contributed by atoms with E-state index in [2.05, 4.69) is 24.4 Å². The number of ether oxygens (including phenoxy) is 1. The third-order valence-corrected chi connectivity index (χ3v) is 4.85. The van der Waals surface area contributed by atoms with E-state index in [0.29, 0.717) is 13.0 Å². The molecule has 0 radical (unpaired) electrons. The average Bonchev–Trinajstić information content (AvgIpc) is 2.60. The lowest BCUT2D eigenvalue weighted by Crippen LogP contribution is -2.39. The molecule has 0 aromatic heterocycles. The topological polar surface area (TPSA) is 38.3 Å². The van der Waals surface area contributed by atoms with Crippen LogP contribution < -0.4 is 10.1 Å². The molecule has 0 spiro atoms. The highest BCUT2D eigenvalue weighted by atomic mass is 32.2. The summed E-state index contributed by atoms with van der Waals surface area (Å²) >= 11 is 1.73. The third-order valence-electron chi connectivity index (χ3n) is 3.83. The summed E-state index contributed by atoms with van der Waals surface area (Å²) in [6.07, 6.45) is 0.193. The first-order valence-electron chi connectivity index (χ1n) is 8.29. The SMILES string of the molecule is CC[C@H](Oc1ccc(C)c(C)c1)C(=O)NCCSc1ccccc1. The summed E-state index contributed by atoms with van der Waals surface area (Å²) < 4.78 is 5.86. The van der Waals surface area contributed by atoms with Gasteiger partial charge < -0.3 is 10.1 Å². The number of aryl methyl sites for hydroxylation is 2. The third kappa shape index (κ3) is 5.60. The summed E-state index contributed by atoms with van der Waals surface area (Å²) in [4.78, 5) is 13.5. The Balaban J connectivity index is 1.79. The molecule has 0 saturated carbocycles. The second kappa shape index (κ2) is 9.38. The van der Waals surface area contributed by atoms with Gasteiger partial charge in [-0.15, -0.1) is 11.8 Å². The highest BCUT2D eigenvalue weighted by Gasteiger charge is 2.18. The largest absolute Gasteiger partial charge is 0.481 e. The van der Waals surface area contributed by atoms with Crippen LogP contribution in [0, 0.1) is 13.8 Å². The minimum absolute atomic E-state index is 0.0515. The number of hydrogen-bond acceptors (Lipinski definition) is 3. The number of nitrogens with one attached hydrogen (secondary N) is 1. The zero-order chi connectivity index (χ0) is 17.4. The molecule has 24 heavy (non-hydrogen) atoms. The van der Waals surface area contributed by atoms with Gasteiger partial charge in [-0.3, -0.25) is 4.79 Å². The molecule has 1 amide bonds. The lowest BCUT2D eigenvalue weighted by Gasteiger charge is -2.18. The van der Waals surface area contributed by atoms with E-state index >= 15 is 0 Å². The first-order chi connectivity index (χ1) is 11.6. The zero-order valence-corrected chi connectivity index (χ0v) is 15.4. The van der Waals surface area contributed by atoms with Crippen molar-refractivity contribution in [3.8, 4) is 5.75 Å². The Morgan fingerprint density at radius 1 is 1.12 bits per heavy atom. The van der Waals surface area contributed by atoms with E-state index in [1.807, 2.05) is 50.2 Å². The predicted molar refractivity (Wildman–Crippen MR) is 101 cm³/mol. The van der Waals surface area contributed by atoms with Gasteiger partial charge >= 0.3 is 0 Å². The number of carbonyl (C=O) groups excluding carboxylic acids is 1. The molecule has 0 heterocycles. The lowest BCUT2D eigenvalue weighted by atomic mass is 10.1. The first-order valence-corrected chi connectivity index (χ1v) is 9.28. The molecular weight excluding hydrogens is 318 g/mol. The van der Waals surface area contributed by atoms with Gasteiger partial charge in [0.05, 0.1) is 0 Å². The van der Waals surface area contributed by atoms with E-state index in [0.717, 1.165) is 11.5 Å². The van der Waals surface area contributed by atoms with E-state index in [-0.39, 0.29) is 5.91 Å². The Bertz CT molecular complexity index is 658. The van der Waals surface area contributed by atoms with E-state index in [1.54, 1.807) is 11.8 Å². The molecule has 1 N–H and O–H groups in total. The van der Waals surface area contributed by atoms with Gasteiger partial charge in [-0.2, -0.15) is 0 Å². The molecule has 1 atom stereocenters. The van der Waals surface area contributed by atoms with Crippen molar-refractivity contribution in [2.24, 2.45) is 0 Å². The molecule has 4 heteroatoms. The quantitative estimate of drug-likeness (QED) is 0.571. The van der Waals surface area contributed by atoms with Crippen LogP contribution in [0.1, 0.15) is 24.5 Å². The van der Waals surface area contributed by atoms with E-state index in [9.17, 15) is 4.79 Å². The van der Waals surface area contributed by atoms with Crippen LogP contribution in [0.3, 0.4) is 0 Å². The zero-order valence-electron chi connectivity index (χ0n) is 14.5. The van der Waals surface area contributed by atoms with Crippen LogP contribution in [-0.4, -0.2) is 24.3 Å². The summed E-state index contributed by atoms with van der Waals surface area (Å²) in [6.45, 7) is 6.70. The van der Waals surface area contributed by atoms with Crippen LogP contribution in [-0.2, 0) is 4.79 Å².